The van der Waals surface area contributed by atoms with Crippen molar-refractivity contribution in [3.8, 4) is 5.75 Å². The lowest BCUT2D eigenvalue weighted by atomic mass is 10.1. The number of thioether (sulfide) groups is 1. The van der Waals surface area contributed by atoms with Crippen molar-refractivity contribution in [2.75, 3.05) is 56.2 Å². The summed E-state index contributed by atoms with van der Waals surface area (Å²) in [7, 11) is -2.96. The quantitative estimate of drug-likeness (QED) is 0.581. The van der Waals surface area contributed by atoms with Crippen LogP contribution in [0.25, 0.3) is 0 Å². The zero-order valence-corrected chi connectivity index (χ0v) is 21.5. The van der Waals surface area contributed by atoms with Crippen molar-refractivity contribution in [1.82, 2.24) is 4.90 Å². The lowest BCUT2D eigenvalue weighted by Crippen LogP contribution is -3.15. The molecule has 1 amide bonds. The molecule has 0 saturated carbocycles. The first-order valence-electron chi connectivity index (χ1n) is 11.7. The van der Waals surface area contributed by atoms with Crippen molar-refractivity contribution in [2.24, 2.45) is 4.99 Å². The van der Waals surface area contributed by atoms with Crippen molar-refractivity contribution >= 4 is 50.0 Å². The Hall–Kier alpha value is -2.27. The molecule has 0 aromatic heterocycles. The molecule has 3 aliphatic heterocycles. The molecule has 11 heteroatoms. The molecule has 2 atom stereocenters. The first kappa shape index (κ1) is 24.4. The van der Waals surface area contributed by atoms with Crippen LogP contribution >= 0.6 is 23.4 Å². The maximum atomic E-state index is 13.0. The first-order chi connectivity index (χ1) is 16.8. The summed E-state index contributed by atoms with van der Waals surface area (Å²) in [4.78, 5) is 20.8. The second kappa shape index (κ2) is 10.4. The molecule has 2 N–H and O–H groups in total. The Morgan fingerprint density at radius 2 is 1.83 bits per heavy atom. The minimum Gasteiger partial charge on any atom is -0.488 e. The molecule has 0 bridgehead atoms. The molecule has 0 radical (unpaired) electrons. The van der Waals surface area contributed by atoms with Gasteiger partial charge in [-0.05, 0) is 48.5 Å². The van der Waals surface area contributed by atoms with Crippen LogP contribution in [-0.2, 0) is 9.84 Å². The van der Waals surface area contributed by atoms with E-state index >= 15 is 0 Å². The highest BCUT2D eigenvalue weighted by Crippen LogP contribution is 2.34. The lowest BCUT2D eigenvalue weighted by molar-refractivity contribution is -0.903. The molecule has 186 valence electrons. The van der Waals surface area contributed by atoms with Crippen LogP contribution in [0.2, 0.25) is 5.02 Å². The van der Waals surface area contributed by atoms with E-state index in [0.29, 0.717) is 30.3 Å². The molecule has 2 aromatic carbocycles. The normalized spacial score (nSPS) is 23.6. The first-order valence-corrected chi connectivity index (χ1v) is 14.8. The number of amidine groups is 1. The number of amides is 1. The number of ether oxygens (including phenoxy) is 1. The molecule has 0 spiro atoms. The molecule has 2 fully saturated rings. The van der Waals surface area contributed by atoms with Crippen LogP contribution in [0.4, 0.5) is 5.69 Å². The fourth-order valence-electron chi connectivity index (χ4n) is 4.54. The Morgan fingerprint density at radius 3 is 2.51 bits per heavy atom. The van der Waals surface area contributed by atoms with Gasteiger partial charge >= 0.3 is 0 Å². The Kier molecular flexibility index (Phi) is 7.24. The monoisotopic (exact) mass is 535 g/mol. The average Bonchev–Trinajstić information content (AvgIpc) is 3.33. The van der Waals surface area contributed by atoms with Crippen molar-refractivity contribution in [3.63, 3.8) is 0 Å². The van der Waals surface area contributed by atoms with Gasteiger partial charge in [0.1, 0.15) is 18.9 Å². The fraction of sp³-hybridized carbons (Fsp3) is 0.417. The number of hydrogen-bond acceptors (Lipinski definition) is 7. The highest BCUT2D eigenvalue weighted by molar-refractivity contribution is 8.15. The number of piperazine rings is 1. The molecule has 5 rings (SSSR count). The van der Waals surface area contributed by atoms with Gasteiger partial charge in [-0.3, -0.25) is 9.79 Å². The Bertz CT molecular complexity index is 1200. The summed E-state index contributed by atoms with van der Waals surface area (Å²) in [5.74, 6) is 1.18. The van der Waals surface area contributed by atoms with Crippen molar-refractivity contribution in [1.29, 1.82) is 0 Å². The van der Waals surface area contributed by atoms with Crippen LogP contribution in [0, 0.1) is 0 Å². The highest BCUT2D eigenvalue weighted by Gasteiger charge is 2.42. The van der Waals surface area contributed by atoms with Crippen LogP contribution in [-0.4, -0.2) is 86.5 Å². The second-order valence-corrected chi connectivity index (χ2v) is 12.8. The minimum atomic E-state index is -2.96. The number of benzene rings is 2. The van der Waals surface area contributed by atoms with E-state index in [4.69, 9.17) is 16.3 Å². The summed E-state index contributed by atoms with van der Waals surface area (Å²) in [6.45, 7) is 4.73. The van der Waals surface area contributed by atoms with Crippen LogP contribution < -0.4 is 15.0 Å². The molecule has 0 aliphatic carbocycles. The zero-order valence-electron chi connectivity index (χ0n) is 19.2. The van der Waals surface area contributed by atoms with Gasteiger partial charge in [-0.2, -0.15) is 0 Å². The van der Waals surface area contributed by atoms with E-state index in [-0.39, 0.29) is 28.7 Å². The van der Waals surface area contributed by atoms with Crippen molar-refractivity contribution < 1.29 is 22.8 Å². The number of halogens is 1. The van der Waals surface area contributed by atoms with Gasteiger partial charge in [0.15, 0.2) is 15.0 Å². The van der Waals surface area contributed by atoms with Crippen molar-refractivity contribution in [2.45, 2.75) is 11.3 Å². The smallest absolute Gasteiger partial charge is 0.254 e. The van der Waals surface area contributed by atoms with Crippen LogP contribution in [0.15, 0.2) is 53.5 Å². The highest BCUT2D eigenvalue weighted by atomic mass is 35.5. The number of sulfone groups is 1. The predicted octanol–water partition coefficient (Wildman–Crippen LogP) is 1.44. The number of nitrogens with one attached hydrogen (secondary N) is 2. The SMILES string of the molecule is O=C(c1ccc(NC2=N[C@@H]3CS(=O)(=O)C[C@H]3S2)cc1)N1CC[NH+](CCOc2ccc(Cl)cc2)CC1. The van der Waals surface area contributed by atoms with Gasteiger partial charge in [0.25, 0.3) is 5.91 Å². The molecule has 2 aromatic rings. The van der Waals surface area contributed by atoms with Gasteiger partial charge < -0.3 is 19.9 Å². The summed E-state index contributed by atoms with van der Waals surface area (Å²) in [6.07, 6.45) is 0. The van der Waals surface area contributed by atoms with Gasteiger partial charge in [0.2, 0.25) is 0 Å². The Morgan fingerprint density at radius 1 is 1.11 bits per heavy atom. The van der Waals surface area contributed by atoms with Crippen molar-refractivity contribution in [3.05, 3.63) is 59.1 Å². The van der Waals surface area contributed by atoms with Gasteiger partial charge in [0.05, 0.1) is 43.7 Å². The van der Waals surface area contributed by atoms with Gasteiger partial charge in [-0.1, -0.05) is 23.4 Å². The minimum absolute atomic E-state index is 0.00754. The number of nitrogens with zero attached hydrogens (tertiary/aromatic N) is 2. The number of carbonyl (C=O) groups excluding carboxylic acids is 1. The summed E-state index contributed by atoms with van der Waals surface area (Å²) in [6, 6.07) is 14.6. The van der Waals surface area contributed by atoms with Gasteiger partial charge in [-0.25, -0.2) is 8.42 Å². The van der Waals surface area contributed by atoms with Gasteiger partial charge in [-0.15, -0.1) is 0 Å². The maximum Gasteiger partial charge on any atom is 0.254 e. The number of quaternary nitrogens is 1. The number of hydrogen-bond donors (Lipinski definition) is 2. The number of carbonyl (C=O) groups is 1. The van der Waals surface area contributed by atoms with E-state index in [1.165, 1.54) is 16.7 Å². The van der Waals surface area contributed by atoms with E-state index in [0.717, 1.165) is 36.2 Å². The summed E-state index contributed by atoms with van der Waals surface area (Å²) >= 11 is 7.38. The van der Waals surface area contributed by atoms with E-state index in [9.17, 15) is 13.2 Å². The largest absolute Gasteiger partial charge is 0.488 e. The number of rotatable bonds is 6. The molecule has 2 saturated heterocycles. The van der Waals surface area contributed by atoms with E-state index in [1.807, 2.05) is 53.4 Å². The van der Waals surface area contributed by atoms with E-state index in [2.05, 4.69) is 10.3 Å². The number of fused-ring (bicyclic) bond motifs is 1. The standard InChI is InChI=1S/C24H27ClN4O4S2/c25-18-3-7-20(8-4-18)33-14-13-28-9-11-29(12-10-28)23(30)17-1-5-19(6-2-17)26-24-27-21-15-35(31,32)16-22(21)34-24/h1-8,21-22H,9-16H2,(H,26,27)/p+1/t21-,22-/m1/s1. The summed E-state index contributed by atoms with van der Waals surface area (Å²) in [5, 5.41) is 4.70. The third-order valence-electron chi connectivity index (χ3n) is 6.50. The average molecular weight is 536 g/mol. The van der Waals surface area contributed by atoms with Crippen LogP contribution in [0.3, 0.4) is 0 Å². The fourth-order valence-corrected chi connectivity index (χ4v) is 8.34. The third kappa shape index (κ3) is 6.11. The van der Waals surface area contributed by atoms with E-state index < -0.39 is 9.84 Å². The molecule has 0 unspecified atom stereocenters. The van der Waals surface area contributed by atoms with Gasteiger partial charge in [0, 0.05) is 21.5 Å². The third-order valence-corrected chi connectivity index (χ3v) is 9.89. The molecule has 35 heavy (non-hydrogen) atoms. The molecule has 3 heterocycles. The summed E-state index contributed by atoms with van der Waals surface area (Å²) in [5.41, 5.74) is 1.50. The molecular formula is C24H28ClN4O4S2+. The lowest BCUT2D eigenvalue weighted by Gasteiger charge is -2.32. The van der Waals surface area contributed by atoms with Crippen LogP contribution in [0.1, 0.15) is 10.4 Å². The Balaban J connectivity index is 1.06. The number of aliphatic imine (C=N–C) groups is 1. The second-order valence-electron chi connectivity index (χ2n) is 9.03. The van der Waals surface area contributed by atoms with Crippen LogP contribution in [0.5, 0.6) is 5.75 Å². The predicted molar refractivity (Wildman–Crippen MR) is 140 cm³/mol. The number of anilines is 1. The molecular weight excluding hydrogens is 508 g/mol. The maximum absolute atomic E-state index is 13.0. The molecule has 3 aliphatic rings. The van der Waals surface area contributed by atoms with E-state index in [1.54, 1.807) is 0 Å². The zero-order chi connectivity index (χ0) is 24.4. The topological polar surface area (TPSA) is 92.5 Å². The Labute approximate surface area is 214 Å². The molecule has 8 nitrogen and oxygen atoms in total. The summed E-state index contributed by atoms with van der Waals surface area (Å²) < 4.78 is 29.2.